The van der Waals surface area contributed by atoms with Crippen molar-refractivity contribution in [2.75, 3.05) is 10.6 Å². The molecule has 1 unspecified atom stereocenters. The molecule has 6 heteroatoms. The van der Waals surface area contributed by atoms with Crippen LogP contribution in [-0.4, -0.2) is 6.03 Å². The van der Waals surface area contributed by atoms with E-state index < -0.39 is 17.7 Å². The van der Waals surface area contributed by atoms with Crippen LogP contribution in [0.3, 0.4) is 0 Å². The van der Waals surface area contributed by atoms with E-state index in [0.717, 1.165) is 6.07 Å². The van der Waals surface area contributed by atoms with Crippen molar-refractivity contribution in [3.05, 3.63) is 59.7 Å². The normalized spacial score (nSPS) is 11.8. The van der Waals surface area contributed by atoms with Crippen LogP contribution in [-0.2, 0) is 0 Å². The predicted octanol–water partition coefficient (Wildman–Crippen LogP) is 3.63. The number of hydrogen-bond donors (Lipinski definition) is 3. The van der Waals surface area contributed by atoms with Crippen LogP contribution in [0.2, 0.25) is 0 Å². The summed E-state index contributed by atoms with van der Waals surface area (Å²) in [6.45, 7) is 1.78. The van der Waals surface area contributed by atoms with E-state index in [1.165, 1.54) is 12.1 Å². The lowest BCUT2D eigenvalue weighted by Gasteiger charge is -2.16. The van der Waals surface area contributed by atoms with Crippen LogP contribution < -0.4 is 16.4 Å². The summed E-state index contributed by atoms with van der Waals surface area (Å²) >= 11 is 0. The number of hydrogen-bond acceptors (Lipinski definition) is 2. The molecule has 4 N–H and O–H groups in total. The fourth-order valence-electron chi connectivity index (χ4n) is 1.99. The third-order valence-corrected chi connectivity index (χ3v) is 2.90. The molecule has 0 spiro atoms. The van der Waals surface area contributed by atoms with Crippen molar-refractivity contribution in [3.8, 4) is 0 Å². The van der Waals surface area contributed by atoms with Crippen molar-refractivity contribution in [2.24, 2.45) is 5.73 Å². The quantitative estimate of drug-likeness (QED) is 0.805. The maximum absolute atomic E-state index is 13.2. The fraction of sp³-hybridized carbons (Fsp3) is 0.133. The van der Waals surface area contributed by atoms with Gasteiger partial charge in [0.2, 0.25) is 0 Å². The average molecular weight is 291 g/mol. The van der Waals surface area contributed by atoms with Gasteiger partial charge in [-0.25, -0.2) is 13.6 Å². The van der Waals surface area contributed by atoms with Crippen molar-refractivity contribution >= 4 is 17.4 Å². The Balaban J connectivity index is 2.15. The molecular weight excluding hydrogens is 276 g/mol. The molecule has 0 aliphatic rings. The zero-order valence-electron chi connectivity index (χ0n) is 11.4. The topological polar surface area (TPSA) is 67.2 Å². The molecule has 0 fully saturated rings. The molecule has 0 saturated carbocycles. The Morgan fingerprint density at radius 3 is 2.33 bits per heavy atom. The Morgan fingerprint density at radius 1 is 1.10 bits per heavy atom. The Kier molecular flexibility index (Phi) is 4.37. The van der Waals surface area contributed by atoms with Gasteiger partial charge in [0.25, 0.3) is 0 Å². The fourth-order valence-corrected chi connectivity index (χ4v) is 1.99. The number of carbonyl (C=O) groups excluding carboxylic acids is 1. The molecule has 21 heavy (non-hydrogen) atoms. The Labute approximate surface area is 121 Å². The van der Waals surface area contributed by atoms with Crippen LogP contribution >= 0.6 is 0 Å². The lowest BCUT2D eigenvalue weighted by Crippen LogP contribution is -2.19. The molecule has 0 aromatic heterocycles. The summed E-state index contributed by atoms with van der Waals surface area (Å²) < 4.78 is 26.4. The van der Waals surface area contributed by atoms with Crippen molar-refractivity contribution in [3.63, 3.8) is 0 Å². The van der Waals surface area contributed by atoms with Crippen molar-refractivity contribution in [1.29, 1.82) is 0 Å². The second-order valence-corrected chi connectivity index (χ2v) is 4.64. The molecule has 0 heterocycles. The highest BCUT2D eigenvalue weighted by atomic mass is 19.1. The van der Waals surface area contributed by atoms with Gasteiger partial charge in [0.1, 0.15) is 11.6 Å². The third kappa shape index (κ3) is 4.17. The van der Waals surface area contributed by atoms with Gasteiger partial charge >= 0.3 is 6.03 Å². The molecule has 0 aliphatic heterocycles. The summed E-state index contributed by atoms with van der Waals surface area (Å²) in [5.74, 6) is -1.24. The molecule has 0 saturated heterocycles. The number of urea groups is 1. The zero-order chi connectivity index (χ0) is 15.4. The van der Waals surface area contributed by atoms with Gasteiger partial charge in [0.05, 0.1) is 0 Å². The molecule has 2 rings (SSSR count). The lowest BCUT2D eigenvalue weighted by atomic mass is 10.1. The summed E-state index contributed by atoms with van der Waals surface area (Å²) in [5, 5.41) is 5.56. The predicted molar refractivity (Wildman–Crippen MR) is 78.0 cm³/mol. The monoisotopic (exact) mass is 291 g/mol. The highest BCUT2D eigenvalue weighted by molar-refractivity contribution is 5.88. The minimum Gasteiger partial charge on any atom is -0.378 e. The molecule has 2 aromatic carbocycles. The number of nitrogens with two attached hydrogens (primary N) is 1. The van der Waals surface area contributed by atoms with E-state index in [4.69, 9.17) is 5.73 Å². The molecule has 2 aromatic rings. The first kappa shape index (κ1) is 14.8. The molecular formula is C15H15F2N3O. The van der Waals surface area contributed by atoms with E-state index in [-0.39, 0.29) is 6.04 Å². The van der Waals surface area contributed by atoms with E-state index in [2.05, 4.69) is 10.6 Å². The van der Waals surface area contributed by atoms with Crippen LogP contribution in [0.1, 0.15) is 18.5 Å². The summed E-state index contributed by atoms with van der Waals surface area (Å²) in [6.07, 6.45) is 0. The highest BCUT2D eigenvalue weighted by Gasteiger charge is 2.09. The second kappa shape index (κ2) is 6.21. The van der Waals surface area contributed by atoms with Crippen molar-refractivity contribution < 1.29 is 13.6 Å². The van der Waals surface area contributed by atoms with Crippen LogP contribution in [0.25, 0.3) is 0 Å². The van der Waals surface area contributed by atoms with Gasteiger partial charge in [-0.1, -0.05) is 6.07 Å². The second-order valence-electron chi connectivity index (χ2n) is 4.64. The van der Waals surface area contributed by atoms with E-state index in [0.29, 0.717) is 16.9 Å². The number of rotatable bonds is 4. The first-order valence-electron chi connectivity index (χ1n) is 6.33. The zero-order valence-corrected chi connectivity index (χ0v) is 11.4. The molecule has 1 atom stereocenters. The average Bonchev–Trinajstić information content (AvgIpc) is 2.37. The number of anilines is 2. The minimum absolute atomic E-state index is 0.306. The summed E-state index contributed by atoms with van der Waals surface area (Å²) in [6, 6.07) is 9.27. The number of carbonyl (C=O) groups is 1. The molecule has 0 aliphatic carbocycles. The van der Waals surface area contributed by atoms with Crippen molar-refractivity contribution in [2.45, 2.75) is 13.0 Å². The Morgan fingerprint density at radius 2 is 1.71 bits per heavy atom. The smallest absolute Gasteiger partial charge is 0.316 e. The first-order valence-corrected chi connectivity index (χ1v) is 6.33. The van der Waals surface area contributed by atoms with Gasteiger partial charge < -0.3 is 16.4 Å². The van der Waals surface area contributed by atoms with Gasteiger partial charge in [-0.2, -0.15) is 0 Å². The standard InChI is InChI=1S/C15H15F2N3O/c1-9(10-5-11(16)7-12(17)6-10)19-13-3-2-4-14(8-13)20-15(18)21/h2-9,19H,1H3,(H3,18,20,21). The van der Waals surface area contributed by atoms with Crippen LogP contribution in [0.5, 0.6) is 0 Å². The van der Waals surface area contributed by atoms with Gasteiger partial charge in [-0.3, -0.25) is 0 Å². The number of primary amides is 1. The highest BCUT2D eigenvalue weighted by Crippen LogP contribution is 2.23. The van der Waals surface area contributed by atoms with Crippen molar-refractivity contribution in [1.82, 2.24) is 0 Å². The van der Waals surface area contributed by atoms with Crippen LogP contribution in [0.15, 0.2) is 42.5 Å². The third-order valence-electron chi connectivity index (χ3n) is 2.90. The van der Waals surface area contributed by atoms with E-state index in [1.54, 1.807) is 31.2 Å². The van der Waals surface area contributed by atoms with Gasteiger partial charge in [0.15, 0.2) is 0 Å². The van der Waals surface area contributed by atoms with Crippen LogP contribution in [0, 0.1) is 11.6 Å². The Bertz CT molecular complexity index is 641. The van der Waals surface area contributed by atoms with Gasteiger partial charge in [-0.15, -0.1) is 0 Å². The Hall–Kier alpha value is -2.63. The molecule has 0 radical (unpaired) electrons. The molecule has 110 valence electrons. The SMILES string of the molecule is CC(Nc1cccc(NC(N)=O)c1)c1cc(F)cc(F)c1. The number of benzene rings is 2. The van der Waals surface area contributed by atoms with E-state index in [9.17, 15) is 13.6 Å². The maximum Gasteiger partial charge on any atom is 0.316 e. The number of halogens is 2. The summed E-state index contributed by atoms with van der Waals surface area (Å²) in [5.41, 5.74) is 6.76. The summed E-state index contributed by atoms with van der Waals surface area (Å²) in [4.78, 5) is 10.8. The number of amides is 2. The molecule has 2 amide bonds. The van der Waals surface area contributed by atoms with Gasteiger partial charge in [0, 0.05) is 23.5 Å². The first-order chi connectivity index (χ1) is 9.94. The molecule has 0 bridgehead atoms. The maximum atomic E-state index is 13.2. The lowest BCUT2D eigenvalue weighted by molar-refractivity contribution is 0.259. The number of nitrogens with one attached hydrogen (secondary N) is 2. The molecule has 4 nitrogen and oxygen atoms in total. The van der Waals surface area contributed by atoms with E-state index in [1.807, 2.05) is 0 Å². The summed E-state index contributed by atoms with van der Waals surface area (Å²) in [7, 11) is 0. The van der Waals surface area contributed by atoms with E-state index >= 15 is 0 Å². The largest absolute Gasteiger partial charge is 0.378 e. The van der Waals surface area contributed by atoms with Gasteiger partial charge in [-0.05, 0) is 42.8 Å². The van der Waals surface area contributed by atoms with Crippen LogP contribution in [0.4, 0.5) is 25.0 Å². The minimum atomic E-state index is -0.660.